The van der Waals surface area contributed by atoms with Crippen molar-refractivity contribution in [1.29, 1.82) is 0 Å². The monoisotopic (exact) mass is 225 g/mol. The Kier molecular flexibility index (Phi) is 3.60. The maximum atomic E-state index is 11.7. The lowest BCUT2D eigenvalue weighted by atomic mass is 10.9. The van der Waals surface area contributed by atoms with Gasteiger partial charge in [0.25, 0.3) is 0 Å². The lowest BCUT2D eigenvalue weighted by Gasteiger charge is -2.24. The molecule has 0 unspecified atom stereocenters. The Morgan fingerprint density at radius 1 is 1.50 bits per heavy atom. The molecule has 68 valence electrons. The van der Waals surface area contributed by atoms with Crippen LogP contribution >= 0.6 is 28.8 Å². The van der Waals surface area contributed by atoms with Gasteiger partial charge in [-0.15, -0.1) is 0 Å². The smallest absolute Gasteiger partial charge is 0.275 e. The predicted molar refractivity (Wildman–Crippen MR) is 54.9 cm³/mol. The highest BCUT2D eigenvalue weighted by molar-refractivity contribution is 8.89. The van der Waals surface area contributed by atoms with Gasteiger partial charge in [-0.1, -0.05) is 0 Å². The highest BCUT2D eigenvalue weighted by Crippen LogP contribution is 2.66. The van der Waals surface area contributed by atoms with Gasteiger partial charge >= 0.3 is 5.70 Å². The number of rotatable bonds is 3. The average molecular weight is 225 g/mol. The summed E-state index contributed by atoms with van der Waals surface area (Å²) in [6.07, 6.45) is 2.82. The van der Waals surface area contributed by atoms with Gasteiger partial charge in [0.05, 0.1) is 0 Å². The molecule has 0 saturated heterocycles. The third kappa shape index (κ3) is 2.02. The molecule has 1 aliphatic heterocycles. The van der Waals surface area contributed by atoms with Crippen molar-refractivity contribution in [2.75, 3.05) is 6.67 Å². The van der Waals surface area contributed by atoms with Gasteiger partial charge in [0.1, 0.15) is 19.3 Å². The van der Waals surface area contributed by atoms with E-state index in [2.05, 4.69) is 9.98 Å². The molecule has 0 fully saturated rings. The molecule has 0 aromatic rings. The number of aliphatic imine (C=N–C) groups is 2. The minimum atomic E-state index is -2.80. The minimum Gasteiger partial charge on any atom is -0.275 e. The normalized spacial score (nSPS) is 17.0. The van der Waals surface area contributed by atoms with Crippen molar-refractivity contribution in [2.24, 2.45) is 20.3 Å². The summed E-state index contributed by atoms with van der Waals surface area (Å²) in [5, 5.41) is 10.5. The number of nitrogens with zero attached hydrogens (tertiary/aromatic N) is 3. The second-order valence-corrected chi connectivity index (χ2v) is 8.62. The summed E-state index contributed by atoms with van der Waals surface area (Å²) >= 11 is 1.47. The van der Waals surface area contributed by atoms with E-state index in [0.717, 1.165) is 23.1 Å². The third-order valence-corrected chi connectivity index (χ3v) is 6.95. The van der Waals surface area contributed by atoms with Crippen molar-refractivity contribution in [3.8, 4) is 0 Å². The van der Waals surface area contributed by atoms with E-state index < -0.39 is 5.70 Å². The Hall–Kier alpha value is -0.0100. The van der Waals surface area contributed by atoms with E-state index in [1.165, 1.54) is 17.3 Å². The maximum Gasteiger partial charge on any atom is 0.310 e. The highest BCUT2D eigenvalue weighted by atomic mass is 33.1. The molecule has 1 heterocycles. The fraction of sp³-hybridized carbons (Fsp3) is 0.333. The molecule has 0 amide bonds. The van der Waals surface area contributed by atoms with Crippen LogP contribution in [0.5, 0.6) is 0 Å². The highest BCUT2D eigenvalue weighted by Gasteiger charge is 2.28. The van der Waals surface area contributed by atoms with E-state index >= 15 is 0 Å². The Bertz CT molecular complexity index is 247. The van der Waals surface area contributed by atoms with Gasteiger partial charge in [-0.3, -0.25) is 24.5 Å². The number of nitrogens with two attached hydrogens (primary N) is 2. The Balaban J connectivity index is 2.74. The van der Waals surface area contributed by atoms with Crippen LogP contribution in [0.4, 0.5) is 0 Å². The summed E-state index contributed by atoms with van der Waals surface area (Å²) in [5.41, 5.74) is -2.80. The summed E-state index contributed by atoms with van der Waals surface area (Å²) in [5.74, 6) is 0. The third-order valence-electron chi connectivity index (χ3n) is 1.16. The van der Waals surface area contributed by atoms with Gasteiger partial charge in [0.2, 0.25) is 0 Å². The van der Waals surface area contributed by atoms with E-state index in [9.17, 15) is 4.57 Å². The molecule has 0 spiro atoms. The van der Waals surface area contributed by atoms with Crippen molar-refractivity contribution < 1.29 is 4.57 Å². The van der Waals surface area contributed by atoms with Crippen LogP contribution < -0.4 is 10.3 Å². The molecule has 1 rings (SSSR count). The molecule has 1 aliphatic rings. The van der Waals surface area contributed by atoms with Crippen LogP contribution in [0.15, 0.2) is 9.98 Å². The second-order valence-electron chi connectivity index (χ2n) is 1.82. The van der Waals surface area contributed by atoms with E-state index in [0.29, 0.717) is 0 Å². The average Bonchev–Trinajstić information content (AvgIpc) is 2.18. The molecule has 0 aliphatic carbocycles. The topological polar surface area (TPSA) is 97.1 Å². The fourth-order valence-corrected chi connectivity index (χ4v) is 3.19. The molecule has 9 heteroatoms. The second kappa shape index (κ2) is 4.29. The number of hydrogen-bond donors (Lipinski definition) is 2. The molecule has 0 radical (unpaired) electrons. The van der Waals surface area contributed by atoms with E-state index in [1.807, 2.05) is 0 Å². The summed E-state index contributed by atoms with van der Waals surface area (Å²) in [7, 11) is 0. The quantitative estimate of drug-likeness (QED) is 0.540. The van der Waals surface area contributed by atoms with Gasteiger partial charge in [0, 0.05) is 23.1 Å². The zero-order valence-corrected chi connectivity index (χ0v) is 8.56. The Labute approximate surface area is 78.1 Å². The van der Waals surface area contributed by atoms with E-state index in [-0.39, 0.29) is 6.67 Å². The standard InChI is InChI=1S/C3H8N5OPS2/c4-11-10(9,12-5)8-2-6-1-7-3-8/h1-2H,3-5H2. The van der Waals surface area contributed by atoms with Crippen LogP contribution in [0.25, 0.3) is 0 Å². The van der Waals surface area contributed by atoms with Gasteiger partial charge in [-0.25, -0.2) is 4.99 Å². The molecule has 6 nitrogen and oxygen atoms in total. The van der Waals surface area contributed by atoms with Crippen LogP contribution in [-0.4, -0.2) is 24.0 Å². The number of hydrogen-bond acceptors (Lipinski definition) is 7. The molecular formula is C3H8N5OPS2. The lowest BCUT2D eigenvalue weighted by molar-refractivity contribution is 0.552. The molecule has 0 atom stereocenters. The van der Waals surface area contributed by atoms with Crippen molar-refractivity contribution in [1.82, 2.24) is 4.67 Å². The van der Waals surface area contributed by atoms with Crippen molar-refractivity contribution in [3.05, 3.63) is 0 Å². The van der Waals surface area contributed by atoms with Gasteiger partial charge < -0.3 is 0 Å². The molecule has 12 heavy (non-hydrogen) atoms. The SMILES string of the molecule is NSP(=O)(SN)N1C=NC=NC1. The predicted octanol–water partition coefficient (Wildman–Crippen LogP) is 0.638. The lowest BCUT2D eigenvalue weighted by Crippen LogP contribution is -2.20. The molecule has 0 bridgehead atoms. The Morgan fingerprint density at radius 3 is 2.58 bits per heavy atom. The van der Waals surface area contributed by atoms with Crippen LogP contribution in [-0.2, 0) is 4.57 Å². The summed E-state index contributed by atoms with van der Waals surface area (Å²) < 4.78 is 13.2. The van der Waals surface area contributed by atoms with Crippen molar-refractivity contribution in [3.63, 3.8) is 0 Å². The first-order valence-corrected chi connectivity index (χ1v) is 7.51. The molecule has 4 N–H and O–H groups in total. The molecular weight excluding hydrogens is 217 g/mol. The zero-order chi connectivity index (χ0) is 9.03. The van der Waals surface area contributed by atoms with Crippen LogP contribution in [0.1, 0.15) is 0 Å². The molecule has 0 saturated carbocycles. The van der Waals surface area contributed by atoms with E-state index in [4.69, 9.17) is 10.3 Å². The summed E-state index contributed by atoms with van der Waals surface area (Å²) in [6, 6.07) is 0. The first-order chi connectivity index (χ1) is 5.73. The zero-order valence-electron chi connectivity index (χ0n) is 6.03. The van der Waals surface area contributed by atoms with Crippen LogP contribution in [0, 0.1) is 0 Å². The first-order valence-electron chi connectivity index (χ1n) is 2.88. The first kappa shape index (κ1) is 10.1. The molecule has 0 aromatic heterocycles. The maximum absolute atomic E-state index is 11.7. The van der Waals surface area contributed by atoms with Crippen molar-refractivity contribution >= 4 is 41.5 Å². The fourth-order valence-electron chi connectivity index (χ4n) is 0.597. The Morgan fingerprint density at radius 2 is 2.17 bits per heavy atom. The largest absolute Gasteiger partial charge is 0.310 e. The summed E-state index contributed by atoms with van der Waals surface area (Å²) in [4.78, 5) is 7.53. The van der Waals surface area contributed by atoms with Crippen LogP contribution in [0.3, 0.4) is 0 Å². The summed E-state index contributed by atoms with van der Waals surface area (Å²) in [6.45, 7) is 0.287. The van der Waals surface area contributed by atoms with Crippen LogP contribution in [0.2, 0.25) is 0 Å². The van der Waals surface area contributed by atoms with E-state index in [1.54, 1.807) is 0 Å². The molecule has 0 aromatic carbocycles. The van der Waals surface area contributed by atoms with Gasteiger partial charge in [0.15, 0.2) is 0 Å². The van der Waals surface area contributed by atoms with Gasteiger partial charge in [-0.05, 0) is 0 Å². The van der Waals surface area contributed by atoms with Crippen molar-refractivity contribution in [2.45, 2.75) is 0 Å². The minimum absolute atomic E-state index is 0.287. The van der Waals surface area contributed by atoms with Gasteiger partial charge in [-0.2, -0.15) is 0 Å².